The quantitative estimate of drug-likeness (QED) is 0.777. The van der Waals surface area contributed by atoms with E-state index in [4.69, 9.17) is 4.74 Å². The highest BCUT2D eigenvalue weighted by molar-refractivity contribution is 7.97. The molecule has 0 bridgehead atoms. The third kappa shape index (κ3) is 5.25. The number of carbonyl (C=O) groups is 2. The van der Waals surface area contributed by atoms with Crippen LogP contribution in [-0.2, 0) is 4.74 Å². The van der Waals surface area contributed by atoms with Gasteiger partial charge in [0.2, 0.25) is 0 Å². The van der Waals surface area contributed by atoms with Crippen LogP contribution in [0.1, 0.15) is 34.6 Å². The lowest BCUT2D eigenvalue weighted by molar-refractivity contribution is 0.0789. The highest BCUT2D eigenvalue weighted by Crippen LogP contribution is 2.06. The van der Waals surface area contributed by atoms with Gasteiger partial charge in [-0.25, -0.2) is 14.5 Å². The third-order valence-electron chi connectivity index (χ3n) is 1.57. The predicted octanol–water partition coefficient (Wildman–Crippen LogP) is 2.62. The molecule has 0 aromatic rings. The van der Waals surface area contributed by atoms with Gasteiger partial charge in [-0.3, -0.25) is 4.72 Å². The first-order valence-electron chi connectivity index (χ1n) is 5.31. The van der Waals surface area contributed by atoms with Crippen molar-refractivity contribution in [3.63, 3.8) is 0 Å². The maximum Gasteiger partial charge on any atom is 0.418 e. The zero-order chi connectivity index (χ0) is 12.7. The molecule has 0 atom stereocenters. The molecule has 0 aliphatic carbocycles. The molecule has 0 aliphatic heterocycles. The van der Waals surface area contributed by atoms with E-state index < -0.39 is 12.1 Å². The van der Waals surface area contributed by atoms with Crippen LogP contribution in [-0.4, -0.2) is 34.9 Å². The van der Waals surface area contributed by atoms with Crippen LogP contribution in [0.25, 0.3) is 0 Å². The van der Waals surface area contributed by atoms with E-state index in [9.17, 15) is 9.59 Å². The zero-order valence-electron chi connectivity index (χ0n) is 10.4. The molecule has 3 amide bonds. The predicted molar refractivity (Wildman–Crippen MR) is 65.3 cm³/mol. The van der Waals surface area contributed by atoms with Crippen LogP contribution < -0.4 is 4.72 Å². The van der Waals surface area contributed by atoms with Gasteiger partial charge in [0, 0.05) is 11.8 Å². The average Bonchev–Trinajstić information content (AvgIpc) is 2.12. The van der Waals surface area contributed by atoms with E-state index in [1.807, 2.05) is 6.92 Å². The van der Waals surface area contributed by atoms with E-state index in [2.05, 4.69) is 4.72 Å². The molecule has 0 radical (unpaired) electrons. The molecule has 0 aliphatic rings. The maximum atomic E-state index is 11.7. The molecule has 1 N–H and O–H groups in total. The second-order valence-electron chi connectivity index (χ2n) is 3.74. The van der Waals surface area contributed by atoms with Crippen LogP contribution in [0.5, 0.6) is 0 Å². The van der Waals surface area contributed by atoms with E-state index in [1.165, 1.54) is 11.9 Å². The van der Waals surface area contributed by atoms with Crippen LogP contribution >= 0.6 is 11.9 Å². The van der Waals surface area contributed by atoms with Crippen LogP contribution in [0.2, 0.25) is 0 Å². The highest BCUT2D eigenvalue weighted by atomic mass is 32.2. The maximum absolute atomic E-state index is 11.7. The Bertz CT molecular complexity index is 244. The van der Waals surface area contributed by atoms with Crippen molar-refractivity contribution >= 4 is 24.1 Å². The average molecular weight is 248 g/mol. The first kappa shape index (κ1) is 15.1. The van der Waals surface area contributed by atoms with Gasteiger partial charge < -0.3 is 4.74 Å². The summed E-state index contributed by atoms with van der Waals surface area (Å²) in [4.78, 5) is 24.4. The van der Waals surface area contributed by atoms with Crippen molar-refractivity contribution in [1.82, 2.24) is 9.62 Å². The zero-order valence-corrected chi connectivity index (χ0v) is 11.3. The van der Waals surface area contributed by atoms with Gasteiger partial charge in [0.1, 0.15) is 0 Å². The second-order valence-corrected chi connectivity index (χ2v) is 4.81. The van der Waals surface area contributed by atoms with Crippen molar-refractivity contribution in [3.8, 4) is 0 Å². The molecular weight excluding hydrogens is 228 g/mol. The summed E-state index contributed by atoms with van der Waals surface area (Å²) in [6.07, 6.45) is -0.848. The lowest BCUT2D eigenvalue weighted by atomic mass is 10.3. The van der Waals surface area contributed by atoms with Gasteiger partial charge in [-0.15, -0.1) is 0 Å². The van der Waals surface area contributed by atoms with E-state index >= 15 is 0 Å². The van der Waals surface area contributed by atoms with Crippen LogP contribution in [0, 0.1) is 0 Å². The summed E-state index contributed by atoms with van der Waals surface area (Å²) in [5.74, 6) is 0.747. The summed E-state index contributed by atoms with van der Waals surface area (Å²) >= 11 is 1.25. The Morgan fingerprint density at radius 3 is 2.25 bits per heavy atom. The van der Waals surface area contributed by atoms with Crippen LogP contribution in [0.4, 0.5) is 9.59 Å². The van der Waals surface area contributed by atoms with Gasteiger partial charge in [-0.05, 0) is 39.6 Å². The minimum absolute atomic E-state index is 0.233. The Morgan fingerprint density at radius 1 is 1.31 bits per heavy atom. The summed E-state index contributed by atoms with van der Waals surface area (Å²) in [6, 6.07) is -0.670. The Balaban J connectivity index is 4.48. The number of hydrogen-bond donors (Lipinski definition) is 1. The number of rotatable bonds is 4. The number of ether oxygens (including phenoxy) is 1. The number of nitrogens with zero attached hydrogens (tertiary/aromatic N) is 1. The SMILES string of the molecule is CCSNC(=O)N(C(=O)OC(C)C)C(C)C. The number of hydrogen-bond acceptors (Lipinski definition) is 4. The molecule has 0 aromatic heterocycles. The van der Waals surface area contributed by atoms with Crippen LogP contribution in [0.3, 0.4) is 0 Å². The Morgan fingerprint density at radius 2 is 1.88 bits per heavy atom. The topological polar surface area (TPSA) is 58.6 Å². The minimum atomic E-state index is -0.612. The summed E-state index contributed by atoms with van der Waals surface area (Å²) in [5.41, 5.74) is 0. The standard InChI is InChI=1S/C10H20N2O3S/c1-6-16-11-9(13)12(7(2)3)10(14)15-8(4)5/h7-8H,6H2,1-5H3,(H,11,13). The molecule has 0 aromatic carbocycles. The second kappa shape index (κ2) is 7.38. The Kier molecular flexibility index (Phi) is 6.96. The number of urea groups is 1. The van der Waals surface area contributed by atoms with Crippen molar-refractivity contribution in [1.29, 1.82) is 0 Å². The fraction of sp³-hybridized carbons (Fsp3) is 0.800. The van der Waals surface area contributed by atoms with E-state index in [0.29, 0.717) is 0 Å². The summed E-state index contributed by atoms with van der Waals surface area (Å²) in [6.45, 7) is 8.93. The minimum Gasteiger partial charge on any atom is -0.446 e. The molecule has 0 saturated heterocycles. The molecule has 5 nitrogen and oxygen atoms in total. The fourth-order valence-electron chi connectivity index (χ4n) is 0.970. The van der Waals surface area contributed by atoms with Crippen molar-refractivity contribution < 1.29 is 14.3 Å². The van der Waals surface area contributed by atoms with Gasteiger partial charge in [0.25, 0.3) is 0 Å². The molecule has 0 fully saturated rings. The van der Waals surface area contributed by atoms with Crippen molar-refractivity contribution in [2.75, 3.05) is 5.75 Å². The normalized spacial score (nSPS) is 10.4. The molecule has 0 rings (SSSR count). The smallest absolute Gasteiger partial charge is 0.418 e. The monoisotopic (exact) mass is 248 g/mol. The van der Waals surface area contributed by atoms with Gasteiger partial charge in [0.15, 0.2) is 0 Å². The van der Waals surface area contributed by atoms with Gasteiger partial charge >= 0.3 is 12.1 Å². The molecule has 0 heterocycles. The molecule has 94 valence electrons. The third-order valence-corrected chi connectivity index (χ3v) is 2.18. The summed E-state index contributed by atoms with van der Waals surface area (Å²) < 4.78 is 7.56. The first-order valence-corrected chi connectivity index (χ1v) is 6.30. The largest absolute Gasteiger partial charge is 0.446 e. The number of carbonyl (C=O) groups excluding carboxylic acids is 2. The molecular formula is C10H20N2O3S. The van der Waals surface area contributed by atoms with Gasteiger partial charge in [0.05, 0.1) is 6.10 Å². The molecule has 0 spiro atoms. The molecule has 16 heavy (non-hydrogen) atoms. The van der Waals surface area contributed by atoms with Crippen LogP contribution in [0.15, 0.2) is 0 Å². The molecule has 0 unspecified atom stereocenters. The lowest BCUT2D eigenvalue weighted by Gasteiger charge is -2.24. The first-order chi connectivity index (χ1) is 7.40. The van der Waals surface area contributed by atoms with Crippen molar-refractivity contribution in [3.05, 3.63) is 0 Å². The Hall–Kier alpha value is -0.910. The number of nitrogens with one attached hydrogen (secondary N) is 1. The van der Waals surface area contributed by atoms with Crippen molar-refractivity contribution in [2.45, 2.75) is 46.8 Å². The summed E-state index contributed by atoms with van der Waals surface area (Å²) in [5, 5.41) is 0. The van der Waals surface area contributed by atoms with Gasteiger partial charge in [-0.1, -0.05) is 6.92 Å². The summed E-state index contributed by atoms with van der Waals surface area (Å²) in [7, 11) is 0. The molecule has 0 saturated carbocycles. The lowest BCUT2D eigenvalue weighted by Crippen LogP contribution is -2.46. The fourth-order valence-corrected chi connectivity index (χ4v) is 1.34. The Labute approximate surface area is 101 Å². The van der Waals surface area contributed by atoms with E-state index in [0.717, 1.165) is 10.7 Å². The van der Waals surface area contributed by atoms with Crippen molar-refractivity contribution in [2.24, 2.45) is 0 Å². The highest BCUT2D eigenvalue weighted by Gasteiger charge is 2.26. The number of imide groups is 1. The van der Waals surface area contributed by atoms with E-state index in [-0.39, 0.29) is 12.1 Å². The molecule has 6 heteroatoms. The van der Waals surface area contributed by atoms with E-state index in [1.54, 1.807) is 27.7 Å². The number of amides is 3. The van der Waals surface area contributed by atoms with Gasteiger partial charge in [-0.2, -0.15) is 0 Å².